The third-order valence-electron chi connectivity index (χ3n) is 5.03. The van der Waals surface area contributed by atoms with E-state index in [-0.39, 0.29) is 23.0 Å². The standard InChI is InChI=1S/C24H21Cl2FN6O2/c1-13(2)33-12-14(10-29-33)22-18(26)11-28-24(32-22)30-16-5-6-17(21(9-16)35-3)23(34)31-20-8-15(25)4-7-19(20)27/h4-13H,1-3H3,(H,31,34)(H,28,30,32). The molecule has 2 heterocycles. The number of nitrogens with zero attached hydrogens (tertiary/aromatic N) is 4. The van der Waals surface area contributed by atoms with Crippen molar-refractivity contribution in [1.29, 1.82) is 0 Å². The smallest absolute Gasteiger partial charge is 0.259 e. The number of carbonyl (C=O) groups is 1. The molecular formula is C24H21Cl2FN6O2. The van der Waals surface area contributed by atoms with Crippen molar-refractivity contribution in [2.75, 3.05) is 17.7 Å². The van der Waals surface area contributed by atoms with Crippen molar-refractivity contribution in [3.8, 4) is 17.0 Å². The lowest BCUT2D eigenvalue weighted by atomic mass is 10.1. The largest absolute Gasteiger partial charge is 0.496 e. The van der Waals surface area contributed by atoms with E-state index in [1.807, 2.05) is 24.7 Å². The molecule has 0 atom stereocenters. The molecule has 0 bridgehead atoms. The van der Waals surface area contributed by atoms with Gasteiger partial charge < -0.3 is 15.4 Å². The van der Waals surface area contributed by atoms with Gasteiger partial charge in [-0.05, 0) is 44.2 Å². The maximum atomic E-state index is 14.0. The van der Waals surface area contributed by atoms with Crippen LogP contribution in [0.1, 0.15) is 30.2 Å². The van der Waals surface area contributed by atoms with Crippen LogP contribution in [0.5, 0.6) is 5.75 Å². The Kier molecular flexibility index (Phi) is 7.18. The van der Waals surface area contributed by atoms with Crippen molar-refractivity contribution in [2.45, 2.75) is 19.9 Å². The molecule has 35 heavy (non-hydrogen) atoms. The number of rotatable bonds is 7. The molecule has 0 aliphatic carbocycles. The predicted molar refractivity (Wildman–Crippen MR) is 134 cm³/mol. The third kappa shape index (κ3) is 5.52. The van der Waals surface area contributed by atoms with Crippen molar-refractivity contribution in [2.24, 2.45) is 0 Å². The average molecular weight is 515 g/mol. The summed E-state index contributed by atoms with van der Waals surface area (Å²) in [5.74, 6) is -0.597. The number of methoxy groups -OCH3 is 1. The van der Waals surface area contributed by atoms with Crippen LogP contribution in [0.3, 0.4) is 0 Å². The molecule has 4 rings (SSSR count). The lowest BCUT2D eigenvalue weighted by molar-refractivity contribution is 0.102. The lowest BCUT2D eigenvalue weighted by Gasteiger charge is -2.13. The summed E-state index contributed by atoms with van der Waals surface area (Å²) in [6.07, 6.45) is 5.05. The first-order valence-corrected chi connectivity index (χ1v) is 11.3. The number of anilines is 3. The number of halogens is 3. The van der Waals surface area contributed by atoms with Gasteiger partial charge in [-0.15, -0.1) is 0 Å². The maximum absolute atomic E-state index is 14.0. The zero-order valence-corrected chi connectivity index (χ0v) is 20.5. The summed E-state index contributed by atoms with van der Waals surface area (Å²) < 4.78 is 21.2. The number of nitrogens with one attached hydrogen (secondary N) is 2. The molecule has 1 amide bonds. The van der Waals surface area contributed by atoms with Gasteiger partial charge in [-0.1, -0.05) is 23.2 Å². The summed E-state index contributed by atoms with van der Waals surface area (Å²) in [6.45, 7) is 4.04. The molecule has 0 fully saturated rings. The summed E-state index contributed by atoms with van der Waals surface area (Å²) in [5, 5.41) is 10.6. The van der Waals surface area contributed by atoms with Gasteiger partial charge in [0.25, 0.3) is 5.91 Å². The monoisotopic (exact) mass is 514 g/mol. The second-order valence-corrected chi connectivity index (χ2v) is 8.65. The number of carbonyl (C=O) groups excluding carboxylic acids is 1. The third-order valence-corrected chi connectivity index (χ3v) is 5.54. The zero-order valence-electron chi connectivity index (χ0n) is 19.0. The van der Waals surface area contributed by atoms with Gasteiger partial charge in [0.15, 0.2) is 0 Å². The van der Waals surface area contributed by atoms with Crippen LogP contribution < -0.4 is 15.4 Å². The van der Waals surface area contributed by atoms with Crippen LogP contribution in [0.4, 0.5) is 21.7 Å². The number of hydrogen-bond acceptors (Lipinski definition) is 6. The van der Waals surface area contributed by atoms with Crippen LogP contribution in [0.15, 0.2) is 55.0 Å². The van der Waals surface area contributed by atoms with Crippen molar-refractivity contribution in [3.05, 3.63) is 76.4 Å². The highest BCUT2D eigenvalue weighted by atomic mass is 35.5. The van der Waals surface area contributed by atoms with Crippen molar-refractivity contribution >= 4 is 46.4 Å². The average Bonchev–Trinajstić information content (AvgIpc) is 3.33. The van der Waals surface area contributed by atoms with Crippen molar-refractivity contribution in [1.82, 2.24) is 19.7 Å². The van der Waals surface area contributed by atoms with Gasteiger partial charge in [0, 0.05) is 34.6 Å². The van der Waals surface area contributed by atoms with Crippen LogP contribution in [0, 0.1) is 5.82 Å². The molecule has 0 spiro atoms. The highest BCUT2D eigenvalue weighted by Gasteiger charge is 2.17. The minimum Gasteiger partial charge on any atom is -0.496 e. The Morgan fingerprint density at radius 1 is 1.14 bits per heavy atom. The number of amides is 1. The number of hydrogen-bond donors (Lipinski definition) is 2. The Morgan fingerprint density at radius 2 is 1.94 bits per heavy atom. The van der Waals surface area contributed by atoms with Gasteiger partial charge in [-0.3, -0.25) is 9.48 Å². The van der Waals surface area contributed by atoms with Crippen LogP contribution in [0.25, 0.3) is 11.3 Å². The molecule has 0 aliphatic heterocycles. The Balaban J connectivity index is 1.56. The molecule has 0 aliphatic rings. The molecule has 180 valence electrons. The summed E-state index contributed by atoms with van der Waals surface area (Å²) in [5.41, 5.74) is 2.03. The SMILES string of the molecule is COc1cc(Nc2ncc(Cl)c(-c3cnn(C(C)C)c3)n2)ccc1C(=O)Nc1cc(Cl)ccc1F. The molecule has 8 nitrogen and oxygen atoms in total. The molecule has 2 aromatic heterocycles. The van der Waals surface area contributed by atoms with Gasteiger partial charge in [-0.2, -0.15) is 5.10 Å². The first-order valence-electron chi connectivity index (χ1n) is 10.5. The Labute approximate surface area is 211 Å². The summed E-state index contributed by atoms with van der Waals surface area (Å²) in [4.78, 5) is 21.5. The van der Waals surface area contributed by atoms with E-state index in [0.29, 0.717) is 27.4 Å². The zero-order chi connectivity index (χ0) is 25.1. The fourth-order valence-electron chi connectivity index (χ4n) is 3.24. The maximum Gasteiger partial charge on any atom is 0.259 e. The van der Waals surface area contributed by atoms with Gasteiger partial charge in [0.1, 0.15) is 11.6 Å². The fraction of sp³-hybridized carbons (Fsp3) is 0.167. The first-order chi connectivity index (χ1) is 16.7. The van der Waals surface area contributed by atoms with Crippen LogP contribution >= 0.6 is 23.2 Å². The van der Waals surface area contributed by atoms with Crippen molar-refractivity contribution < 1.29 is 13.9 Å². The Hall–Kier alpha value is -3.69. The number of aromatic nitrogens is 4. The van der Waals surface area contributed by atoms with E-state index < -0.39 is 11.7 Å². The molecular weight excluding hydrogens is 494 g/mol. The minimum atomic E-state index is -0.602. The van der Waals surface area contributed by atoms with E-state index in [0.717, 1.165) is 5.56 Å². The van der Waals surface area contributed by atoms with Gasteiger partial charge in [-0.25, -0.2) is 14.4 Å². The second-order valence-electron chi connectivity index (χ2n) is 7.81. The number of ether oxygens (including phenoxy) is 1. The van der Waals surface area contributed by atoms with Crippen LogP contribution in [0.2, 0.25) is 10.0 Å². The molecule has 0 radical (unpaired) electrons. The second kappa shape index (κ2) is 10.3. The van der Waals surface area contributed by atoms with Gasteiger partial charge in [0.2, 0.25) is 5.95 Å². The van der Waals surface area contributed by atoms with Gasteiger partial charge in [0.05, 0.1) is 41.5 Å². The molecule has 2 N–H and O–H groups in total. The quantitative estimate of drug-likeness (QED) is 0.297. The molecule has 0 saturated heterocycles. The Morgan fingerprint density at radius 3 is 2.66 bits per heavy atom. The fourth-order valence-corrected chi connectivity index (χ4v) is 3.61. The summed E-state index contributed by atoms with van der Waals surface area (Å²) >= 11 is 12.2. The molecule has 0 saturated carbocycles. The minimum absolute atomic E-state index is 0.0327. The van der Waals surface area contributed by atoms with Crippen LogP contribution in [-0.4, -0.2) is 32.8 Å². The van der Waals surface area contributed by atoms with E-state index in [2.05, 4.69) is 25.7 Å². The van der Waals surface area contributed by atoms with E-state index >= 15 is 0 Å². The number of benzene rings is 2. The van der Waals surface area contributed by atoms with E-state index in [9.17, 15) is 9.18 Å². The summed E-state index contributed by atoms with van der Waals surface area (Å²) in [7, 11) is 1.43. The van der Waals surface area contributed by atoms with Crippen molar-refractivity contribution in [3.63, 3.8) is 0 Å². The highest BCUT2D eigenvalue weighted by molar-refractivity contribution is 6.33. The Bertz CT molecular complexity index is 1390. The van der Waals surface area contributed by atoms with E-state index in [1.54, 1.807) is 24.4 Å². The molecule has 4 aromatic rings. The molecule has 2 aromatic carbocycles. The normalized spacial score (nSPS) is 10.9. The predicted octanol–water partition coefficient (Wildman–Crippen LogP) is 6.37. The van der Waals surface area contributed by atoms with Crippen LogP contribution in [-0.2, 0) is 0 Å². The topological polar surface area (TPSA) is 94.0 Å². The lowest BCUT2D eigenvalue weighted by Crippen LogP contribution is -2.14. The highest BCUT2D eigenvalue weighted by Crippen LogP contribution is 2.30. The van der Waals surface area contributed by atoms with E-state index in [1.165, 1.54) is 31.5 Å². The molecule has 11 heteroatoms. The first kappa shape index (κ1) is 24.4. The van der Waals surface area contributed by atoms with Gasteiger partial charge >= 0.3 is 0 Å². The van der Waals surface area contributed by atoms with E-state index in [4.69, 9.17) is 27.9 Å². The summed E-state index contributed by atoms with van der Waals surface area (Å²) in [6, 6.07) is 8.91. The molecule has 0 unspecified atom stereocenters.